The lowest BCUT2D eigenvalue weighted by Crippen LogP contribution is -2.28. The quantitative estimate of drug-likeness (QED) is 0.474. The Kier molecular flexibility index (Phi) is 1.56. The zero-order chi connectivity index (χ0) is 6.85. The molecule has 1 unspecified atom stereocenters. The first kappa shape index (κ1) is 6.33. The molecule has 0 aromatic carbocycles. The van der Waals surface area contributed by atoms with Gasteiger partial charge in [-0.2, -0.15) is 0 Å². The molecule has 0 spiro atoms. The molecule has 1 aliphatic rings. The summed E-state index contributed by atoms with van der Waals surface area (Å²) in [7, 11) is 1.97. The summed E-state index contributed by atoms with van der Waals surface area (Å²) in [4.78, 5) is 12.8. The molecule has 2 heteroatoms. The fourth-order valence-corrected chi connectivity index (χ4v) is 0.948. The van der Waals surface area contributed by atoms with E-state index in [1.54, 1.807) is 6.08 Å². The molecule has 50 valence electrons. The van der Waals surface area contributed by atoms with E-state index >= 15 is 0 Å². The van der Waals surface area contributed by atoms with Crippen LogP contribution in [0.2, 0.25) is 0 Å². The van der Waals surface area contributed by atoms with Gasteiger partial charge < -0.3 is 4.90 Å². The van der Waals surface area contributed by atoms with Crippen molar-refractivity contribution in [1.29, 1.82) is 0 Å². The molecule has 0 N–H and O–H groups in total. The van der Waals surface area contributed by atoms with E-state index in [1.165, 1.54) is 0 Å². The molecule has 0 radical (unpaired) electrons. The van der Waals surface area contributed by atoms with Gasteiger partial charge in [-0.3, -0.25) is 4.79 Å². The molecule has 9 heavy (non-hydrogen) atoms. The molecule has 0 amide bonds. The van der Waals surface area contributed by atoms with Gasteiger partial charge in [-0.05, 0) is 6.08 Å². The molecule has 0 saturated carbocycles. The summed E-state index contributed by atoms with van der Waals surface area (Å²) in [5.41, 5.74) is 0. The van der Waals surface area contributed by atoms with Gasteiger partial charge in [0.1, 0.15) is 0 Å². The Balaban J connectivity index is 2.65. The van der Waals surface area contributed by atoms with Crippen LogP contribution in [0.25, 0.3) is 0 Å². The predicted molar refractivity (Wildman–Crippen MR) is 35.9 cm³/mol. The van der Waals surface area contributed by atoms with E-state index in [0.29, 0.717) is 0 Å². The molecular weight excluding hydrogens is 114 g/mol. The predicted octanol–water partition coefficient (Wildman–Crippen LogP) is 0.651. The lowest BCUT2D eigenvalue weighted by Gasteiger charge is -2.21. The highest BCUT2D eigenvalue weighted by Crippen LogP contribution is 2.06. The molecule has 1 rings (SSSR count). The molecule has 0 aromatic rings. The van der Waals surface area contributed by atoms with Crippen LogP contribution in [-0.2, 0) is 4.79 Å². The van der Waals surface area contributed by atoms with Crippen LogP contribution < -0.4 is 0 Å². The van der Waals surface area contributed by atoms with Gasteiger partial charge in [0.2, 0.25) is 0 Å². The van der Waals surface area contributed by atoms with Crippen LogP contribution in [0.5, 0.6) is 0 Å². The zero-order valence-electron chi connectivity index (χ0n) is 5.79. The molecule has 0 aromatic heterocycles. The van der Waals surface area contributed by atoms with Gasteiger partial charge in [-0.15, -0.1) is 0 Å². The maximum absolute atomic E-state index is 10.8. The highest BCUT2D eigenvalue weighted by molar-refractivity contribution is 5.92. The van der Waals surface area contributed by atoms with E-state index in [0.717, 1.165) is 6.54 Å². The normalized spacial score (nSPS) is 27.1. The van der Waals surface area contributed by atoms with Crippen LogP contribution in [0.4, 0.5) is 0 Å². The third kappa shape index (κ3) is 1.31. The number of rotatable bonds is 0. The van der Waals surface area contributed by atoms with Gasteiger partial charge in [-0.1, -0.05) is 6.92 Å². The van der Waals surface area contributed by atoms with Gasteiger partial charge in [0.25, 0.3) is 0 Å². The Bertz CT molecular complexity index is 151. The van der Waals surface area contributed by atoms with Crippen molar-refractivity contribution in [3.63, 3.8) is 0 Å². The van der Waals surface area contributed by atoms with E-state index in [1.807, 2.05) is 25.1 Å². The Morgan fingerprint density at radius 2 is 2.44 bits per heavy atom. The fourth-order valence-electron chi connectivity index (χ4n) is 0.948. The topological polar surface area (TPSA) is 20.3 Å². The summed E-state index contributed by atoms with van der Waals surface area (Å²) in [6.07, 6.45) is 3.45. The largest absolute Gasteiger partial charge is 0.380 e. The van der Waals surface area contributed by atoms with E-state index < -0.39 is 0 Å². The fraction of sp³-hybridized carbons (Fsp3) is 0.571. The number of allylic oxidation sites excluding steroid dienone is 1. The lowest BCUT2D eigenvalue weighted by atomic mass is 10.0. The monoisotopic (exact) mass is 125 g/mol. The molecule has 1 atom stereocenters. The van der Waals surface area contributed by atoms with Crippen molar-refractivity contribution in [2.24, 2.45) is 5.92 Å². The van der Waals surface area contributed by atoms with Gasteiger partial charge >= 0.3 is 0 Å². The average Bonchev–Trinajstić information content (AvgIpc) is 1.80. The summed E-state index contributed by atoms with van der Waals surface area (Å²) in [5.74, 6) is 0.424. The van der Waals surface area contributed by atoms with Gasteiger partial charge in [0.15, 0.2) is 5.78 Å². The molecule has 2 nitrogen and oxygen atoms in total. The Hall–Kier alpha value is -0.790. The first-order chi connectivity index (χ1) is 4.20. The van der Waals surface area contributed by atoms with Crippen molar-refractivity contribution in [2.45, 2.75) is 6.92 Å². The minimum absolute atomic E-state index is 0.181. The molecule has 0 saturated heterocycles. The number of ketones is 1. The summed E-state index contributed by atoms with van der Waals surface area (Å²) < 4.78 is 0. The summed E-state index contributed by atoms with van der Waals surface area (Å²) >= 11 is 0. The average molecular weight is 125 g/mol. The maximum atomic E-state index is 10.8. The van der Waals surface area contributed by atoms with Crippen LogP contribution in [0.3, 0.4) is 0 Å². The van der Waals surface area contributed by atoms with Crippen LogP contribution in [-0.4, -0.2) is 24.3 Å². The lowest BCUT2D eigenvalue weighted by molar-refractivity contribution is -0.118. The molecular formula is C7H11NO. The second-order valence-corrected chi connectivity index (χ2v) is 2.56. The SMILES string of the molecule is CC1CN(C)C=CC1=O. The van der Waals surface area contributed by atoms with Gasteiger partial charge in [-0.25, -0.2) is 0 Å². The van der Waals surface area contributed by atoms with Crippen molar-refractivity contribution >= 4 is 5.78 Å². The minimum Gasteiger partial charge on any atom is -0.380 e. The highest BCUT2D eigenvalue weighted by Gasteiger charge is 2.14. The molecule has 1 heterocycles. The number of nitrogens with zero attached hydrogens (tertiary/aromatic N) is 1. The molecule has 0 bridgehead atoms. The highest BCUT2D eigenvalue weighted by atomic mass is 16.1. The first-order valence-electron chi connectivity index (χ1n) is 3.12. The van der Waals surface area contributed by atoms with E-state index in [9.17, 15) is 4.79 Å². The third-order valence-corrected chi connectivity index (χ3v) is 1.54. The molecule has 0 aliphatic carbocycles. The van der Waals surface area contributed by atoms with Gasteiger partial charge in [0, 0.05) is 25.7 Å². The van der Waals surface area contributed by atoms with Crippen LogP contribution in [0.15, 0.2) is 12.3 Å². The maximum Gasteiger partial charge on any atom is 0.161 e. The zero-order valence-corrected chi connectivity index (χ0v) is 5.79. The summed E-state index contributed by atoms with van der Waals surface area (Å²) in [6, 6.07) is 0. The standard InChI is InChI=1S/C7H11NO/c1-6-5-8(2)4-3-7(6)9/h3-4,6H,5H2,1-2H3. The first-order valence-corrected chi connectivity index (χ1v) is 3.12. The number of hydrogen-bond donors (Lipinski definition) is 0. The van der Waals surface area contributed by atoms with Crippen LogP contribution in [0, 0.1) is 5.92 Å². The van der Waals surface area contributed by atoms with E-state index in [2.05, 4.69) is 0 Å². The third-order valence-electron chi connectivity index (χ3n) is 1.54. The van der Waals surface area contributed by atoms with Crippen molar-refractivity contribution in [3.8, 4) is 0 Å². The van der Waals surface area contributed by atoms with Crippen molar-refractivity contribution in [3.05, 3.63) is 12.3 Å². The van der Waals surface area contributed by atoms with E-state index in [4.69, 9.17) is 0 Å². The number of hydrogen-bond acceptors (Lipinski definition) is 2. The Labute approximate surface area is 55.2 Å². The second kappa shape index (κ2) is 2.21. The van der Waals surface area contributed by atoms with Crippen molar-refractivity contribution < 1.29 is 4.79 Å². The summed E-state index contributed by atoms with van der Waals surface area (Å²) in [6.45, 7) is 2.80. The Morgan fingerprint density at radius 1 is 1.78 bits per heavy atom. The van der Waals surface area contributed by atoms with Crippen molar-refractivity contribution in [2.75, 3.05) is 13.6 Å². The van der Waals surface area contributed by atoms with Crippen LogP contribution >= 0.6 is 0 Å². The smallest absolute Gasteiger partial charge is 0.161 e. The second-order valence-electron chi connectivity index (χ2n) is 2.56. The Morgan fingerprint density at radius 3 is 2.89 bits per heavy atom. The van der Waals surface area contributed by atoms with Crippen LogP contribution in [0.1, 0.15) is 6.92 Å². The van der Waals surface area contributed by atoms with E-state index in [-0.39, 0.29) is 11.7 Å². The molecule has 1 aliphatic heterocycles. The minimum atomic E-state index is 0.181. The number of carbonyl (C=O) groups excluding carboxylic acids is 1. The summed E-state index contributed by atoms with van der Waals surface area (Å²) in [5, 5.41) is 0. The van der Waals surface area contributed by atoms with Crippen molar-refractivity contribution in [1.82, 2.24) is 4.90 Å². The molecule has 0 fully saturated rings. The number of carbonyl (C=O) groups is 1. The van der Waals surface area contributed by atoms with Gasteiger partial charge in [0.05, 0.1) is 0 Å².